The average Bonchev–Trinajstić information content (AvgIpc) is 3.39. The molecular weight excluding hydrogens is 406 g/mol. The van der Waals surface area contributed by atoms with E-state index in [0.29, 0.717) is 27.6 Å². The lowest BCUT2D eigenvalue weighted by Gasteiger charge is -2.14. The van der Waals surface area contributed by atoms with Crippen molar-refractivity contribution in [2.75, 3.05) is 5.32 Å². The topological polar surface area (TPSA) is 97.1 Å². The zero-order valence-corrected chi connectivity index (χ0v) is 17.2. The van der Waals surface area contributed by atoms with Gasteiger partial charge in [0.15, 0.2) is 0 Å². The van der Waals surface area contributed by atoms with E-state index in [-0.39, 0.29) is 23.5 Å². The lowest BCUT2D eigenvalue weighted by molar-refractivity contribution is -0.119. The number of fused-ring (bicyclic) bond motifs is 1. The summed E-state index contributed by atoms with van der Waals surface area (Å²) in [5.41, 5.74) is 1.92. The van der Waals surface area contributed by atoms with Crippen LogP contribution in [0.4, 0.5) is 14.6 Å². The predicted molar refractivity (Wildman–Crippen MR) is 112 cm³/mol. The summed E-state index contributed by atoms with van der Waals surface area (Å²) >= 11 is 0. The number of aryl methyl sites for hydroxylation is 2. The summed E-state index contributed by atoms with van der Waals surface area (Å²) in [6.07, 6.45) is 0.790. The van der Waals surface area contributed by atoms with E-state index in [0.717, 1.165) is 0 Å². The molecule has 162 valence electrons. The van der Waals surface area contributed by atoms with Crippen molar-refractivity contribution in [1.29, 1.82) is 0 Å². The number of amides is 1. The molecule has 0 bridgehead atoms. The van der Waals surface area contributed by atoms with Gasteiger partial charge in [-0.15, -0.1) is 0 Å². The van der Waals surface area contributed by atoms with Crippen LogP contribution in [-0.2, 0) is 11.8 Å². The van der Waals surface area contributed by atoms with Gasteiger partial charge >= 0.3 is 0 Å². The summed E-state index contributed by atoms with van der Waals surface area (Å²) in [7, 11) is 1.56. The van der Waals surface area contributed by atoms with Crippen LogP contribution >= 0.6 is 0 Å². The summed E-state index contributed by atoms with van der Waals surface area (Å²) in [6.45, 7) is 3.44. The number of rotatable bonds is 5. The fourth-order valence-corrected chi connectivity index (χ4v) is 3.51. The zero-order valence-electron chi connectivity index (χ0n) is 18.2. The minimum atomic E-state index is -2.98. The van der Waals surface area contributed by atoms with Gasteiger partial charge in [0.05, 0.1) is 18.7 Å². The lowest BCUT2D eigenvalue weighted by Crippen LogP contribution is -2.21. The molecule has 9 heteroatoms. The van der Waals surface area contributed by atoms with E-state index < -0.39 is 30.2 Å². The number of carbonyl (C=O) groups excluding carboxylic acids is 1. The highest BCUT2D eigenvalue weighted by Gasteiger charge is 2.61. The van der Waals surface area contributed by atoms with E-state index in [9.17, 15) is 23.5 Å². The van der Waals surface area contributed by atoms with E-state index >= 15 is 0 Å². The largest absolute Gasteiger partial charge is 0.387 e. The lowest BCUT2D eigenvalue weighted by atomic mass is 10.0. The summed E-state index contributed by atoms with van der Waals surface area (Å²) in [5, 5.41) is 13.1. The number of nitrogens with zero attached hydrogens (tertiary/aromatic N) is 3. The molecule has 1 aliphatic carbocycles. The summed E-state index contributed by atoms with van der Waals surface area (Å²) < 4.78 is 35.5. The normalized spacial score (nSPS) is 19.5. The molecule has 0 radical (unpaired) electrons. The van der Waals surface area contributed by atoms with Gasteiger partial charge in [-0.2, -0.15) is 0 Å². The van der Waals surface area contributed by atoms with Gasteiger partial charge in [-0.25, -0.2) is 13.8 Å². The third-order valence-electron chi connectivity index (χ3n) is 5.53. The van der Waals surface area contributed by atoms with Crippen LogP contribution in [0.3, 0.4) is 0 Å². The number of aliphatic hydroxyl groups is 1. The number of pyridine rings is 3. The van der Waals surface area contributed by atoms with Crippen LogP contribution in [0, 0.1) is 12.8 Å². The highest BCUT2D eigenvalue weighted by molar-refractivity contribution is 5.96. The highest BCUT2D eigenvalue weighted by atomic mass is 19.3. The van der Waals surface area contributed by atoms with Crippen LogP contribution in [0.15, 0.2) is 35.4 Å². The van der Waals surface area contributed by atoms with Gasteiger partial charge in [-0.05, 0) is 31.0 Å². The number of hydrogen-bond acceptors (Lipinski definition) is 5. The van der Waals surface area contributed by atoms with Gasteiger partial charge in [-0.3, -0.25) is 14.6 Å². The third kappa shape index (κ3) is 3.81. The first kappa shape index (κ1) is 19.7. The predicted octanol–water partition coefficient (Wildman–Crippen LogP) is 3.34. The number of hydrogen-bond donors (Lipinski definition) is 2. The van der Waals surface area contributed by atoms with Gasteiger partial charge in [0.2, 0.25) is 5.91 Å². The Balaban J connectivity index is 1.71. The Labute approximate surface area is 178 Å². The average molecular weight is 429 g/mol. The second kappa shape index (κ2) is 7.49. The van der Waals surface area contributed by atoms with Crippen molar-refractivity contribution >= 4 is 22.6 Å². The van der Waals surface area contributed by atoms with Gasteiger partial charge in [-0.1, -0.05) is 6.92 Å². The smallest absolute Gasteiger partial charge is 0.260 e. The molecule has 1 saturated carbocycles. The number of alkyl halides is 2. The van der Waals surface area contributed by atoms with Crippen molar-refractivity contribution < 1.29 is 20.1 Å². The highest BCUT2D eigenvalue weighted by Crippen LogP contribution is 2.49. The molecule has 0 aliphatic heterocycles. The van der Waals surface area contributed by atoms with Gasteiger partial charge in [0, 0.05) is 48.4 Å². The molecule has 3 aromatic rings. The Morgan fingerprint density at radius 2 is 2.06 bits per heavy atom. The second-order valence-electron chi connectivity index (χ2n) is 7.74. The molecule has 7 nitrogen and oxygen atoms in total. The Hall–Kier alpha value is -3.20. The van der Waals surface area contributed by atoms with Gasteiger partial charge in [0.1, 0.15) is 11.7 Å². The van der Waals surface area contributed by atoms with Gasteiger partial charge < -0.3 is 15.0 Å². The molecule has 3 aromatic heterocycles. The minimum absolute atomic E-state index is 0.0875. The van der Waals surface area contributed by atoms with E-state index in [1.54, 1.807) is 33.0 Å². The van der Waals surface area contributed by atoms with E-state index in [1.807, 2.05) is 0 Å². The summed E-state index contributed by atoms with van der Waals surface area (Å²) in [4.78, 5) is 33.3. The zero-order chi connectivity index (χ0) is 23.4. The van der Waals surface area contributed by atoms with E-state index in [1.165, 1.54) is 23.0 Å². The van der Waals surface area contributed by atoms with Crippen LogP contribution in [0.2, 0.25) is 0 Å². The van der Waals surface area contributed by atoms with Crippen LogP contribution < -0.4 is 10.9 Å². The van der Waals surface area contributed by atoms with Crippen molar-refractivity contribution in [3.63, 3.8) is 0 Å². The first-order chi connectivity index (χ1) is 14.9. The molecule has 0 unspecified atom stereocenters. The maximum Gasteiger partial charge on any atom is 0.260 e. The molecule has 0 aromatic carbocycles. The number of anilines is 1. The van der Waals surface area contributed by atoms with Crippen LogP contribution in [0.25, 0.3) is 22.0 Å². The van der Waals surface area contributed by atoms with Crippen LogP contribution in [-0.4, -0.2) is 31.5 Å². The summed E-state index contributed by atoms with van der Waals surface area (Å²) in [5.74, 6) is -5.04. The van der Waals surface area contributed by atoms with Crippen LogP contribution in [0.5, 0.6) is 0 Å². The molecule has 0 saturated heterocycles. The third-order valence-corrected chi connectivity index (χ3v) is 5.53. The number of halogens is 2. The molecule has 2 atom stereocenters. The standard InChI is InChI=1S/C22H22F2N4O3/c1-4-18(29)16-5-11(2)14(10-25-16)13-6-12-9-26-19(7-17(12)28(3)21(13)31)27-20(30)15-8-22(15,23)24/h5-7,9-10,15,18,29H,4,8H2,1-3H3,(H,26,27,30)/t15-,18-/m1/s1/i18D. The molecule has 1 fully saturated rings. The fourth-order valence-electron chi connectivity index (χ4n) is 3.51. The van der Waals surface area contributed by atoms with Crippen molar-refractivity contribution in [1.82, 2.24) is 14.5 Å². The van der Waals surface area contributed by atoms with Crippen molar-refractivity contribution in [2.45, 2.75) is 38.7 Å². The van der Waals surface area contributed by atoms with E-state index in [2.05, 4.69) is 15.3 Å². The molecular formula is C22H22F2N4O3. The first-order valence-corrected chi connectivity index (χ1v) is 9.83. The van der Waals surface area contributed by atoms with Crippen molar-refractivity contribution in [2.24, 2.45) is 13.0 Å². The Morgan fingerprint density at radius 3 is 2.68 bits per heavy atom. The number of carbonyl (C=O) groups is 1. The monoisotopic (exact) mass is 429 g/mol. The molecule has 1 aliphatic rings. The van der Waals surface area contributed by atoms with Gasteiger partial charge in [0.25, 0.3) is 11.5 Å². The maximum atomic E-state index is 13.1. The van der Waals surface area contributed by atoms with Crippen LogP contribution in [0.1, 0.15) is 38.5 Å². The van der Waals surface area contributed by atoms with E-state index in [4.69, 9.17) is 1.37 Å². The molecule has 3 heterocycles. The number of nitrogens with one attached hydrogen (secondary N) is 1. The molecule has 4 rings (SSSR count). The first-order valence-electron chi connectivity index (χ1n) is 10.3. The van der Waals surface area contributed by atoms with Crippen molar-refractivity contribution in [3.8, 4) is 11.1 Å². The van der Waals surface area contributed by atoms with Crippen molar-refractivity contribution in [3.05, 3.63) is 52.2 Å². The Kier molecular flexibility index (Phi) is 4.77. The number of aromatic nitrogens is 3. The Morgan fingerprint density at radius 1 is 1.35 bits per heavy atom. The molecule has 2 N–H and O–H groups in total. The second-order valence-corrected chi connectivity index (χ2v) is 7.74. The fraction of sp³-hybridized carbons (Fsp3) is 0.364. The molecule has 1 amide bonds. The molecule has 0 spiro atoms. The minimum Gasteiger partial charge on any atom is -0.387 e. The Bertz CT molecular complexity index is 1310. The summed E-state index contributed by atoms with van der Waals surface area (Å²) in [6, 6.07) is 4.69. The maximum absolute atomic E-state index is 13.1. The quantitative estimate of drug-likeness (QED) is 0.648. The SMILES string of the molecule is [2H][C@@](O)(CC)c1cc(C)c(-c2cc3cnc(NC(=O)[C@H]4CC4(F)F)cc3n(C)c2=O)cn1. The molecule has 31 heavy (non-hydrogen) atoms.